The van der Waals surface area contributed by atoms with Crippen molar-refractivity contribution in [2.75, 3.05) is 11.9 Å². The van der Waals surface area contributed by atoms with Crippen LogP contribution in [0.5, 0.6) is 0 Å². The lowest BCUT2D eigenvalue weighted by Crippen LogP contribution is -2.11. The Morgan fingerprint density at radius 1 is 1.17 bits per heavy atom. The van der Waals surface area contributed by atoms with Gasteiger partial charge < -0.3 is 4.74 Å². The smallest absolute Gasteiger partial charge is 0.411 e. The second-order valence-electron chi connectivity index (χ2n) is 6.12. The van der Waals surface area contributed by atoms with Crippen molar-refractivity contribution in [3.63, 3.8) is 0 Å². The first-order valence-electron chi connectivity index (χ1n) is 7.71. The zero-order valence-electron chi connectivity index (χ0n) is 13.6. The Morgan fingerprint density at radius 2 is 1.88 bits per heavy atom. The van der Waals surface area contributed by atoms with E-state index < -0.39 is 15.9 Å². The van der Waals surface area contributed by atoms with E-state index >= 15 is 0 Å². The van der Waals surface area contributed by atoms with E-state index in [9.17, 15) is 13.2 Å². The Hall–Kier alpha value is -2.34. The van der Waals surface area contributed by atoms with Gasteiger partial charge in [0, 0.05) is 11.6 Å². The van der Waals surface area contributed by atoms with E-state index in [1.54, 1.807) is 36.4 Å². The number of aryl methyl sites for hydroxylation is 1. The molecule has 0 radical (unpaired) electrons. The Bertz CT molecular complexity index is 872. The predicted molar refractivity (Wildman–Crippen MR) is 91.9 cm³/mol. The SMILES string of the molecule is Cc1ccc(S(=O)(=O)Cc2ccc3c(c2)C(C)COC(=O)N3)cc1. The summed E-state index contributed by atoms with van der Waals surface area (Å²) in [5.74, 6) is -0.0776. The number of cyclic esters (lactones) is 1. The number of sulfone groups is 1. The molecule has 126 valence electrons. The van der Waals surface area contributed by atoms with E-state index in [4.69, 9.17) is 4.74 Å². The topological polar surface area (TPSA) is 72.5 Å². The first kappa shape index (κ1) is 16.5. The van der Waals surface area contributed by atoms with Crippen LogP contribution in [0.15, 0.2) is 47.4 Å². The fourth-order valence-corrected chi connectivity index (χ4v) is 4.04. The molecule has 6 heteroatoms. The van der Waals surface area contributed by atoms with Crippen molar-refractivity contribution in [2.24, 2.45) is 0 Å². The molecule has 0 bridgehead atoms. The van der Waals surface area contributed by atoms with Crippen LogP contribution in [0.3, 0.4) is 0 Å². The van der Waals surface area contributed by atoms with Crippen LogP contribution in [0, 0.1) is 6.92 Å². The highest BCUT2D eigenvalue weighted by molar-refractivity contribution is 7.90. The van der Waals surface area contributed by atoms with Gasteiger partial charge in [-0.25, -0.2) is 13.2 Å². The Balaban J connectivity index is 1.91. The van der Waals surface area contributed by atoms with Crippen LogP contribution in [-0.4, -0.2) is 21.1 Å². The predicted octanol–water partition coefficient (Wildman–Crippen LogP) is 3.63. The van der Waals surface area contributed by atoms with Crippen LogP contribution < -0.4 is 5.32 Å². The molecule has 2 aromatic carbocycles. The first-order chi connectivity index (χ1) is 11.3. The van der Waals surface area contributed by atoms with Gasteiger partial charge in [-0.05, 0) is 36.2 Å². The minimum Gasteiger partial charge on any atom is -0.449 e. The molecule has 1 atom stereocenters. The molecule has 0 aliphatic carbocycles. The molecule has 0 saturated carbocycles. The maximum absolute atomic E-state index is 12.6. The van der Waals surface area contributed by atoms with E-state index in [2.05, 4.69) is 5.32 Å². The summed E-state index contributed by atoms with van der Waals surface area (Å²) < 4.78 is 30.2. The molecule has 1 amide bonds. The summed E-state index contributed by atoms with van der Waals surface area (Å²) in [4.78, 5) is 11.8. The molecule has 2 aromatic rings. The van der Waals surface area contributed by atoms with Gasteiger partial charge in [-0.1, -0.05) is 36.8 Å². The maximum atomic E-state index is 12.6. The first-order valence-corrected chi connectivity index (χ1v) is 9.36. The number of fused-ring (bicyclic) bond motifs is 1. The number of rotatable bonds is 3. The van der Waals surface area contributed by atoms with Crippen LogP contribution in [-0.2, 0) is 20.3 Å². The number of ether oxygens (including phenoxy) is 1. The van der Waals surface area contributed by atoms with E-state index in [0.29, 0.717) is 16.1 Å². The highest BCUT2D eigenvalue weighted by atomic mass is 32.2. The zero-order chi connectivity index (χ0) is 17.3. The van der Waals surface area contributed by atoms with Gasteiger partial charge in [-0.2, -0.15) is 0 Å². The molecule has 0 spiro atoms. The van der Waals surface area contributed by atoms with Gasteiger partial charge in [0.25, 0.3) is 0 Å². The number of carbonyl (C=O) groups excluding carboxylic acids is 1. The van der Waals surface area contributed by atoms with Crippen LogP contribution in [0.2, 0.25) is 0 Å². The minimum atomic E-state index is -3.41. The molecule has 0 saturated heterocycles. The van der Waals surface area contributed by atoms with Crippen molar-refractivity contribution in [3.8, 4) is 0 Å². The molecule has 1 heterocycles. The van der Waals surface area contributed by atoms with Crippen molar-refractivity contribution in [3.05, 3.63) is 59.2 Å². The van der Waals surface area contributed by atoms with Crippen molar-refractivity contribution >= 4 is 21.6 Å². The van der Waals surface area contributed by atoms with Gasteiger partial charge in [-0.3, -0.25) is 5.32 Å². The summed E-state index contributed by atoms with van der Waals surface area (Å²) in [5, 5.41) is 2.67. The van der Waals surface area contributed by atoms with Crippen molar-refractivity contribution in [1.82, 2.24) is 0 Å². The summed E-state index contributed by atoms with van der Waals surface area (Å²) in [6.07, 6.45) is -0.486. The lowest BCUT2D eigenvalue weighted by atomic mass is 9.98. The van der Waals surface area contributed by atoms with Crippen LogP contribution in [0.25, 0.3) is 0 Å². The third-order valence-corrected chi connectivity index (χ3v) is 5.79. The molecule has 3 rings (SSSR count). The second-order valence-corrected chi connectivity index (χ2v) is 8.11. The molecule has 1 aliphatic heterocycles. The molecule has 0 fully saturated rings. The average molecular weight is 345 g/mol. The fraction of sp³-hybridized carbons (Fsp3) is 0.278. The molecule has 24 heavy (non-hydrogen) atoms. The lowest BCUT2D eigenvalue weighted by Gasteiger charge is -2.13. The van der Waals surface area contributed by atoms with Crippen molar-refractivity contribution in [1.29, 1.82) is 0 Å². The summed E-state index contributed by atoms with van der Waals surface area (Å²) >= 11 is 0. The number of benzene rings is 2. The third-order valence-electron chi connectivity index (χ3n) is 4.08. The zero-order valence-corrected chi connectivity index (χ0v) is 14.4. The molecular formula is C18H19NO4S. The quantitative estimate of drug-likeness (QED) is 0.922. The fourth-order valence-electron chi connectivity index (χ4n) is 2.71. The Labute approximate surface area is 141 Å². The number of hydrogen-bond donors (Lipinski definition) is 1. The standard InChI is InChI=1S/C18H19NO4S/c1-12-3-6-15(7-4-12)24(21,22)11-14-5-8-17-16(9-14)13(2)10-23-18(20)19-17/h3-9,13H,10-11H2,1-2H3,(H,19,20). The van der Waals surface area contributed by atoms with Gasteiger partial charge in [0.15, 0.2) is 9.84 Å². The number of nitrogens with one attached hydrogen (secondary N) is 1. The lowest BCUT2D eigenvalue weighted by molar-refractivity contribution is 0.158. The largest absolute Gasteiger partial charge is 0.449 e. The van der Waals surface area contributed by atoms with E-state index in [1.165, 1.54) is 0 Å². The molecule has 1 unspecified atom stereocenters. The summed E-state index contributed by atoms with van der Waals surface area (Å²) in [6.45, 7) is 4.13. The van der Waals surface area contributed by atoms with Gasteiger partial charge in [-0.15, -0.1) is 0 Å². The normalized spacial score (nSPS) is 17.4. The van der Waals surface area contributed by atoms with E-state index in [1.807, 2.05) is 19.9 Å². The molecular weight excluding hydrogens is 326 g/mol. The maximum Gasteiger partial charge on any atom is 0.411 e. The minimum absolute atomic E-state index is 0.000906. The molecule has 1 aliphatic rings. The summed E-state index contributed by atoms with van der Waals surface area (Å²) in [7, 11) is -3.41. The Morgan fingerprint density at radius 3 is 2.58 bits per heavy atom. The molecule has 1 N–H and O–H groups in total. The highest BCUT2D eigenvalue weighted by Crippen LogP contribution is 2.30. The number of amides is 1. The monoisotopic (exact) mass is 345 g/mol. The van der Waals surface area contributed by atoms with Gasteiger partial charge in [0.1, 0.15) is 0 Å². The summed E-state index contributed by atoms with van der Waals surface area (Å²) in [5.41, 5.74) is 3.26. The second kappa shape index (κ2) is 6.28. The highest BCUT2D eigenvalue weighted by Gasteiger charge is 2.21. The van der Waals surface area contributed by atoms with E-state index in [0.717, 1.165) is 11.1 Å². The third kappa shape index (κ3) is 3.43. The number of hydrogen-bond acceptors (Lipinski definition) is 4. The average Bonchev–Trinajstić information content (AvgIpc) is 2.67. The number of anilines is 1. The van der Waals surface area contributed by atoms with Gasteiger partial charge in [0.05, 0.1) is 17.3 Å². The number of carbonyl (C=O) groups is 1. The van der Waals surface area contributed by atoms with Gasteiger partial charge in [0.2, 0.25) is 0 Å². The van der Waals surface area contributed by atoms with Crippen LogP contribution in [0.4, 0.5) is 10.5 Å². The van der Waals surface area contributed by atoms with Gasteiger partial charge >= 0.3 is 6.09 Å². The van der Waals surface area contributed by atoms with Crippen molar-refractivity contribution in [2.45, 2.75) is 30.4 Å². The molecule has 5 nitrogen and oxygen atoms in total. The Kier molecular flexibility index (Phi) is 4.32. The summed E-state index contributed by atoms with van der Waals surface area (Å²) in [6, 6.07) is 12.1. The van der Waals surface area contributed by atoms with Crippen LogP contribution in [0.1, 0.15) is 29.5 Å². The van der Waals surface area contributed by atoms with Crippen molar-refractivity contribution < 1.29 is 17.9 Å². The van der Waals surface area contributed by atoms with Crippen LogP contribution >= 0.6 is 0 Å². The van der Waals surface area contributed by atoms with E-state index in [-0.39, 0.29) is 18.3 Å². The molecule has 0 aromatic heterocycles.